The summed E-state index contributed by atoms with van der Waals surface area (Å²) in [4.78, 5) is 4.52. The first kappa shape index (κ1) is 14.2. The van der Waals surface area contributed by atoms with Crippen molar-refractivity contribution in [3.05, 3.63) is 18.2 Å². The van der Waals surface area contributed by atoms with Gasteiger partial charge >= 0.3 is 0 Å². The van der Waals surface area contributed by atoms with Gasteiger partial charge in [-0.1, -0.05) is 20.8 Å². The quantitative estimate of drug-likeness (QED) is 0.751. The lowest BCUT2D eigenvalue weighted by atomic mass is 10.0. The van der Waals surface area contributed by atoms with Gasteiger partial charge in [0, 0.05) is 12.7 Å². The van der Waals surface area contributed by atoms with E-state index in [4.69, 9.17) is 0 Å². The molecule has 0 aliphatic carbocycles. The van der Waals surface area contributed by atoms with Gasteiger partial charge < -0.3 is 9.88 Å². The Bertz CT molecular complexity index is 304. The number of hydrogen-bond acceptors (Lipinski definition) is 2. The van der Waals surface area contributed by atoms with Crippen LogP contribution >= 0.6 is 0 Å². The molecule has 3 nitrogen and oxygen atoms in total. The van der Waals surface area contributed by atoms with E-state index in [9.17, 15) is 0 Å². The highest BCUT2D eigenvalue weighted by Crippen LogP contribution is 2.19. The Morgan fingerprint density at radius 3 is 2.59 bits per heavy atom. The average molecular weight is 237 g/mol. The first-order chi connectivity index (χ1) is 8.17. The maximum absolute atomic E-state index is 4.52. The van der Waals surface area contributed by atoms with Crippen LogP contribution < -0.4 is 5.32 Å². The smallest absolute Gasteiger partial charge is 0.0950 e. The van der Waals surface area contributed by atoms with Crippen molar-refractivity contribution in [3.63, 3.8) is 0 Å². The number of aromatic nitrogens is 2. The molecule has 17 heavy (non-hydrogen) atoms. The number of aryl methyl sites for hydroxylation is 1. The molecule has 1 N–H and O–H groups in total. The molecule has 1 unspecified atom stereocenters. The van der Waals surface area contributed by atoms with Crippen molar-refractivity contribution in [2.24, 2.45) is 5.92 Å². The summed E-state index contributed by atoms with van der Waals surface area (Å²) in [6, 6.07) is 0.421. The second-order valence-corrected chi connectivity index (χ2v) is 5.11. The van der Waals surface area contributed by atoms with Crippen LogP contribution in [0.5, 0.6) is 0 Å². The average Bonchev–Trinajstić information content (AvgIpc) is 2.77. The lowest BCUT2D eigenvalue weighted by Crippen LogP contribution is -2.23. The molecular weight excluding hydrogens is 210 g/mol. The molecule has 0 aromatic carbocycles. The number of nitrogens with one attached hydrogen (secondary N) is 1. The third-order valence-corrected chi connectivity index (χ3v) is 3.05. The van der Waals surface area contributed by atoms with Crippen molar-refractivity contribution >= 4 is 0 Å². The van der Waals surface area contributed by atoms with Gasteiger partial charge in [-0.25, -0.2) is 4.98 Å². The van der Waals surface area contributed by atoms with Gasteiger partial charge in [0.2, 0.25) is 0 Å². The van der Waals surface area contributed by atoms with E-state index in [0.29, 0.717) is 6.04 Å². The Kier molecular flexibility index (Phi) is 6.27. The Morgan fingerprint density at radius 2 is 2.06 bits per heavy atom. The summed E-state index contributed by atoms with van der Waals surface area (Å²) in [5.41, 5.74) is 1.20. The van der Waals surface area contributed by atoms with Crippen LogP contribution in [-0.2, 0) is 6.54 Å². The minimum atomic E-state index is 0.421. The monoisotopic (exact) mass is 237 g/mol. The van der Waals surface area contributed by atoms with Crippen molar-refractivity contribution in [3.8, 4) is 0 Å². The summed E-state index contributed by atoms with van der Waals surface area (Å²) in [6.07, 6.45) is 7.71. The van der Waals surface area contributed by atoms with Gasteiger partial charge in [-0.3, -0.25) is 0 Å². The van der Waals surface area contributed by atoms with Gasteiger partial charge in [0.1, 0.15) is 0 Å². The van der Waals surface area contributed by atoms with Crippen LogP contribution in [0, 0.1) is 5.92 Å². The van der Waals surface area contributed by atoms with Gasteiger partial charge in [-0.2, -0.15) is 0 Å². The molecule has 1 aromatic heterocycles. The molecule has 98 valence electrons. The fourth-order valence-corrected chi connectivity index (χ4v) is 1.90. The second kappa shape index (κ2) is 7.49. The van der Waals surface area contributed by atoms with E-state index in [1.54, 1.807) is 0 Å². The van der Waals surface area contributed by atoms with E-state index in [-0.39, 0.29) is 0 Å². The predicted octanol–water partition coefficient (Wildman–Crippen LogP) is 3.38. The summed E-state index contributed by atoms with van der Waals surface area (Å²) < 4.78 is 2.14. The zero-order valence-electron chi connectivity index (χ0n) is 11.7. The second-order valence-electron chi connectivity index (χ2n) is 5.11. The first-order valence-electron chi connectivity index (χ1n) is 6.92. The van der Waals surface area contributed by atoms with E-state index in [1.165, 1.54) is 25.0 Å². The molecule has 0 bridgehead atoms. The van der Waals surface area contributed by atoms with Crippen LogP contribution in [0.25, 0.3) is 0 Å². The third kappa shape index (κ3) is 4.90. The maximum Gasteiger partial charge on any atom is 0.0950 e. The number of imidazole rings is 1. The summed E-state index contributed by atoms with van der Waals surface area (Å²) in [6.45, 7) is 11.0. The van der Waals surface area contributed by atoms with Crippen LogP contribution in [0.15, 0.2) is 12.5 Å². The highest BCUT2D eigenvalue weighted by Gasteiger charge is 2.13. The maximum atomic E-state index is 4.52. The number of hydrogen-bond donors (Lipinski definition) is 1. The Labute approximate surface area is 106 Å². The van der Waals surface area contributed by atoms with Crippen molar-refractivity contribution in [1.29, 1.82) is 0 Å². The molecule has 0 fully saturated rings. The molecule has 1 atom stereocenters. The molecule has 1 heterocycles. The lowest BCUT2D eigenvalue weighted by Gasteiger charge is -2.17. The molecule has 0 amide bonds. The minimum absolute atomic E-state index is 0.421. The fraction of sp³-hybridized carbons (Fsp3) is 0.786. The largest absolute Gasteiger partial charge is 0.337 e. The highest BCUT2D eigenvalue weighted by molar-refractivity contribution is 5.03. The summed E-state index contributed by atoms with van der Waals surface area (Å²) in [5, 5.41) is 3.60. The minimum Gasteiger partial charge on any atom is -0.337 e. The zero-order chi connectivity index (χ0) is 12.7. The van der Waals surface area contributed by atoms with Crippen LogP contribution in [-0.4, -0.2) is 16.1 Å². The normalized spacial score (nSPS) is 13.2. The van der Waals surface area contributed by atoms with E-state index >= 15 is 0 Å². The standard InChI is InChI=1S/C14H27N3/c1-5-9-15-13(8-7-12(3)4)14-10-17(6-2)11-16-14/h10-13,15H,5-9H2,1-4H3. The molecule has 0 radical (unpaired) electrons. The van der Waals surface area contributed by atoms with Crippen LogP contribution in [0.2, 0.25) is 0 Å². The molecule has 1 aromatic rings. The topological polar surface area (TPSA) is 29.9 Å². The van der Waals surface area contributed by atoms with Gasteiger partial charge in [0.15, 0.2) is 0 Å². The van der Waals surface area contributed by atoms with Gasteiger partial charge in [0.25, 0.3) is 0 Å². The molecule has 3 heteroatoms. The van der Waals surface area contributed by atoms with E-state index in [1.807, 2.05) is 6.33 Å². The Hall–Kier alpha value is -0.830. The Morgan fingerprint density at radius 1 is 1.29 bits per heavy atom. The molecule has 0 aliphatic heterocycles. The van der Waals surface area contributed by atoms with Gasteiger partial charge in [-0.15, -0.1) is 0 Å². The van der Waals surface area contributed by atoms with E-state index in [0.717, 1.165) is 19.0 Å². The van der Waals surface area contributed by atoms with Crippen molar-refractivity contribution in [1.82, 2.24) is 14.9 Å². The summed E-state index contributed by atoms with van der Waals surface area (Å²) in [5.74, 6) is 0.759. The highest BCUT2D eigenvalue weighted by atomic mass is 15.1. The number of nitrogens with zero attached hydrogens (tertiary/aromatic N) is 2. The van der Waals surface area contributed by atoms with E-state index in [2.05, 4.69) is 48.8 Å². The molecule has 0 saturated carbocycles. The van der Waals surface area contributed by atoms with Crippen LogP contribution in [0.3, 0.4) is 0 Å². The summed E-state index contributed by atoms with van der Waals surface area (Å²) >= 11 is 0. The van der Waals surface area contributed by atoms with Crippen molar-refractivity contribution in [2.75, 3.05) is 6.54 Å². The van der Waals surface area contributed by atoms with Gasteiger partial charge in [-0.05, 0) is 38.6 Å². The molecule has 0 aliphatic rings. The van der Waals surface area contributed by atoms with Crippen LogP contribution in [0.1, 0.15) is 58.7 Å². The molecule has 0 spiro atoms. The third-order valence-electron chi connectivity index (χ3n) is 3.05. The van der Waals surface area contributed by atoms with Crippen molar-refractivity contribution < 1.29 is 0 Å². The Balaban J connectivity index is 2.60. The first-order valence-corrected chi connectivity index (χ1v) is 6.92. The van der Waals surface area contributed by atoms with Gasteiger partial charge in [0.05, 0.1) is 18.1 Å². The predicted molar refractivity (Wildman–Crippen MR) is 73.0 cm³/mol. The molecular formula is C14H27N3. The van der Waals surface area contributed by atoms with Crippen molar-refractivity contribution in [2.45, 2.75) is 59.5 Å². The molecule has 1 rings (SSSR count). The summed E-state index contributed by atoms with van der Waals surface area (Å²) in [7, 11) is 0. The fourth-order valence-electron chi connectivity index (χ4n) is 1.90. The zero-order valence-corrected chi connectivity index (χ0v) is 11.7. The number of rotatable bonds is 8. The molecule has 0 saturated heterocycles. The lowest BCUT2D eigenvalue weighted by molar-refractivity contribution is 0.434. The SMILES string of the molecule is CCCNC(CCC(C)C)c1cn(CC)cn1. The van der Waals surface area contributed by atoms with Crippen LogP contribution in [0.4, 0.5) is 0 Å². The van der Waals surface area contributed by atoms with E-state index < -0.39 is 0 Å².